The molecule has 1 heterocycles. The SMILES string of the molecule is CCOCC(C)NS(=O)(=O)c1ccc(C=O)o1. The highest BCUT2D eigenvalue weighted by Gasteiger charge is 2.21. The largest absolute Gasteiger partial charge is 0.440 e. The molecule has 0 saturated heterocycles. The molecule has 1 unspecified atom stereocenters. The van der Waals surface area contributed by atoms with E-state index in [-0.39, 0.29) is 23.5 Å². The third-order valence-electron chi connectivity index (χ3n) is 1.91. The van der Waals surface area contributed by atoms with E-state index in [0.29, 0.717) is 12.9 Å². The molecule has 7 heteroatoms. The van der Waals surface area contributed by atoms with E-state index in [4.69, 9.17) is 9.15 Å². The maximum absolute atomic E-state index is 11.8. The van der Waals surface area contributed by atoms with Crippen LogP contribution in [0.1, 0.15) is 24.4 Å². The fraction of sp³-hybridized carbons (Fsp3) is 0.500. The van der Waals surface area contributed by atoms with Gasteiger partial charge in [-0.1, -0.05) is 0 Å². The molecule has 0 amide bonds. The van der Waals surface area contributed by atoms with E-state index in [1.165, 1.54) is 12.1 Å². The minimum atomic E-state index is -3.73. The molecular weight excluding hydrogens is 246 g/mol. The molecule has 1 N–H and O–H groups in total. The van der Waals surface area contributed by atoms with E-state index in [0.717, 1.165) is 0 Å². The van der Waals surface area contributed by atoms with E-state index in [2.05, 4.69) is 4.72 Å². The van der Waals surface area contributed by atoms with Gasteiger partial charge in [0.25, 0.3) is 10.0 Å². The quantitative estimate of drug-likeness (QED) is 0.733. The standard InChI is InChI=1S/C10H15NO5S/c1-3-15-7-8(2)11-17(13,14)10-5-4-9(6-12)16-10/h4-6,8,11H,3,7H2,1-2H3. The van der Waals surface area contributed by atoms with Crippen molar-refractivity contribution < 1.29 is 22.4 Å². The molecule has 1 aromatic heterocycles. The molecule has 0 aliphatic rings. The Morgan fingerprint density at radius 3 is 2.76 bits per heavy atom. The summed E-state index contributed by atoms with van der Waals surface area (Å²) in [5.41, 5.74) is 0. The molecule has 0 spiro atoms. The van der Waals surface area contributed by atoms with Crippen molar-refractivity contribution in [2.45, 2.75) is 25.0 Å². The smallest absolute Gasteiger partial charge is 0.274 e. The Kier molecular flexibility index (Phi) is 4.86. The van der Waals surface area contributed by atoms with E-state index in [1.54, 1.807) is 6.92 Å². The van der Waals surface area contributed by atoms with Gasteiger partial charge in [-0.25, -0.2) is 13.1 Å². The lowest BCUT2D eigenvalue weighted by Crippen LogP contribution is -2.35. The molecule has 6 nitrogen and oxygen atoms in total. The Morgan fingerprint density at radius 1 is 1.53 bits per heavy atom. The van der Waals surface area contributed by atoms with Crippen molar-refractivity contribution in [2.75, 3.05) is 13.2 Å². The van der Waals surface area contributed by atoms with Crippen LogP contribution in [0.2, 0.25) is 0 Å². The zero-order valence-electron chi connectivity index (χ0n) is 9.67. The lowest BCUT2D eigenvalue weighted by molar-refractivity contribution is 0.109. The van der Waals surface area contributed by atoms with Crippen molar-refractivity contribution in [3.05, 3.63) is 17.9 Å². The summed E-state index contributed by atoms with van der Waals surface area (Å²) >= 11 is 0. The fourth-order valence-corrected chi connectivity index (χ4v) is 2.36. The van der Waals surface area contributed by atoms with Gasteiger partial charge in [-0.05, 0) is 26.0 Å². The average molecular weight is 261 g/mol. The summed E-state index contributed by atoms with van der Waals surface area (Å²) in [6, 6.07) is 2.17. The number of hydrogen-bond acceptors (Lipinski definition) is 5. The van der Waals surface area contributed by atoms with E-state index >= 15 is 0 Å². The van der Waals surface area contributed by atoms with Gasteiger partial charge in [-0.2, -0.15) is 0 Å². The second-order valence-corrected chi connectivity index (χ2v) is 5.10. The molecule has 17 heavy (non-hydrogen) atoms. The van der Waals surface area contributed by atoms with E-state index in [1.807, 2.05) is 6.92 Å². The van der Waals surface area contributed by atoms with Crippen molar-refractivity contribution in [3.8, 4) is 0 Å². The van der Waals surface area contributed by atoms with Crippen LogP contribution in [0.25, 0.3) is 0 Å². The summed E-state index contributed by atoms with van der Waals surface area (Å²) < 4.78 is 35.8. The molecule has 0 aliphatic carbocycles. The number of rotatable bonds is 7. The van der Waals surface area contributed by atoms with Crippen LogP contribution < -0.4 is 4.72 Å². The Morgan fingerprint density at radius 2 is 2.24 bits per heavy atom. The van der Waals surface area contributed by atoms with Gasteiger partial charge in [0.05, 0.1) is 6.61 Å². The number of sulfonamides is 1. The van der Waals surface area contributed by atoms with Crippen molar-refractivity contribution >= 4 is 16.3 Å². The zero-order valence-corrected chi connectivity index (χ0v) is 10.5. The van der Waals surface area contributed by atoms with E-state index < -0.39 is 10.0 Å². The number of ether oxygens (including phenoxy) is 1. The van der Waals surface area contributed by atoms with Crippen LogP contribution in [-0.2, 0) is 14.8 Å². The van der Waals surface area contributed by atoms with Crippen molar-refractivity contribution in [1.29, 1.82) is 0 Å². The van der Waals surface area contributed by atoms with E-state index in [9.17, 15) is 13.2 Å². The van der Waals surface area contributed by atoms with Crippen molar-refractivity contribution in [1.82, 2.24) is 4.72 Å². The monoisotopic (exact) mass is 261 g/mol. The predicted octanol–water partition coefficient (Wildman–Crippen LogP) is 0.795. The number of carbonyl (C=O) groups is 1. The molecule has 1 atom stereocenters. The molecule has 0 saturated carbocycles. The summed E-state index contributed by atoms with van der Waals surface area (Å²) in [7, 11) is -3.73. The molecule has 0 fully saturated rings. The van der Waals surface area contributed by atoms with Crippen molar-refractivity contribution in [3.63, 3.8) is 0 Å². The highest BCUT2D eigenvalue weighted by atomic mass is 32.2. The summed E-state index contributed by atoms with van der Waals surface area (Å²) in [6.45, 7) is 4.29. The molecule has 0 aliphatic heterocycles. The van der Waals surface area contributed by atoms with Gasteiger partial charge in [0.15, 0.2) is 12.0 Å². The second-order valence-electron chi connectivity index (χ2n) is 3.46. The van der Waals surface area contributed by atoms with Gasteiger partial charge in [0.1, 0.15) is 0 Å². The van der Waals surface area contributed by atoms with Gasteiger partial charge in [-0.15, -0.1) is 0 Å². The van der Waals surface area contributed by atoms with Crippen LogP contribution >= 0.6 is 0 Å². The van der Waals surface area contributed by atoms with Gasteiger partial charge >= 0.3 is 0 Å². The first kappa shape index (κ1) is 13.9. The minimum Gasteiger partial charge on any atom is -0.440 e. The van der Waals surface area contributed by atoms with Crippen LogP contribution in [0, 0.1) is 0 Å². The Bertz CT molecular complexity index is 465. The van der Waals surface area contributed by atoms with Gasteiger partial charge in [0.2, 0.25) is 5.09 Å². The molecule has 1 rings (SSSR count). The number of aldehydes is 1. The van der Waals surface area contributed by atoms with Crippen LogP contribution in [0.3, 0.4) is 0 Å². The third-order valence-corrected chi connectivity index (χ3v) is 3.37. The molecule has 0 bridgehead atoms. The molecule has 96 valence electrons. The average Bonchev–Trinajstić information content (AvgIpc) is 2.75. The molecule has 0 aromatic carbocycles. The summed E-state index contributed by atoms with van der Waals surface area (Å²) in [4.78, 5) is 10.4. The minimum absolute atomic E-state index is 0.0252. The summed E-state index contributed by atoms with van der Waals surface area (Å²) in [5, 5.41) is -0.275. The first-order valence-corrected chi connectivity index (χ1v) is 6.63. The highest BCUT2D eigenvalue weighted by Crippen LogP contribution is 2.12. The normalized spacial score (nSPS) is 13.5. The first-order valence-electron chi connectivity index (χ1n) is 5.14. The van der Waals surface area contributed by atoms with Crippen LogP contribution in [0.5, 0.6) is 0 Å². The number of nitrogens with one attached hydrogen (secondary N) is 1. The second kappa shape index (κ2) is 5.95. The number of carbonyl (C=O) groups excluding carboxylic acids is 1. The van der Waals surface area contributed by atoms with Gasteiger partial charge < -0.3 is 9.15 Å². The topological polar surface area (TPSA) is 85.6 Å². The maximum Gasteiger partial charge on any atom is 0.274 e. The third kappa shape index (κ3) is 3.95. The molecule has 1 aromatic rings. The van der Waals surface area contributed by atoms with Crippen LogP contribution in [-0.4, -0.2) is 34.0 Å². The maximum atomic E-state index is 11.8. The lowest BCUT2D eigenvalue weighted by atomic mass is 10.4. The van der Waals surface area contributed by atoms with Gasteiger partial charge in [0, 0.05) is 12.6 Å². The number of furan rings is 1. The van der Waals surface area contributed by atoms with Crippen LogP contribution in [0.15, 0.2) is 21.6 Å². The van der Waals surface area contributed by atoms with Crippen LogP contribution in [0.4, 0.5) is 0 Å². The van der Waals surface area contributed by atoms with Crippen molar-refractivity contribution in [2.24, 2.45) is 0 Å². The Balaban J connectivity index is 2.71. The zero-order chi connectivity index (χ0) is 12.9. The lowest BCUT2D eigenvalue weighted by Gasteiger charge is -2.12. The van der Waals surface area contributed by atoms with Gasteiger partial charge in [-0.3, -0.25) is 4.79 Å². The Labute approximate surface area is 100 Å². The highest BCUT2D eigenvalue weighted by molar-refractivity contribution is 7.89. The first-order chi connectivity index (χ1) is 7.99. The fourth-order valence-electron chi connectivity index (χ4n) is 1.19. The Hall–Kier alpha value is -1.18. The summed E-state index contributed by atoms with van der Waals surface area (Å²) in [6.07, 6.45) is 0.447. The predicted molar refractivity (Wildman–Crippen MR) is 60.4 cm³/mol. The molecule has 0 radical (unpaired) electrons. The number of hydrogen-bond donors (Lipinski definition) is 1. The molecular formula is C10H15NO5S. The summed E-state index contributed by atoms with van der Waals surface area (Å²) in [5.74, 6) is -0.0252.